The summed E-state index contributed by atoms with van der Waals surface area (Å²) in [6.07, 6.45) is 1.44. The molecule has 5 nitrogen and oxygen atoms in total. The van der Waals surface area contributed by atoms with Crippen LogP contribution >= 0.6 is 0 Å². The number of sulfonamides is 1. The van der Waals surface area contributed by atoms with Gasteiger partial charge in [-0.3, -0.25) is 0 Å². The van der Waals surface area contributed by atoms with Crippen LogP contribution in [-0.2, 0) is 10.0 Å². The zero-order chi connectivity index (χ0) is 13.1. The summed E-state index contributed by atoms with van der Waals surface area (Å²) in [4.78, 5) is 3.84. The summed E-state index contributed by atoms with van der Waals surface area (Å²) >= 11 is 0. The average molecular weight is 258 g/mol. The molecule has 0 spiro atoms. The average Bonchev–Trinajstić information content (AvgIpc) is 2.25. The highest BCUT2D eigenvalue weighted by Gasteiger charge is 2.28. The van der Waals surface area contributed by atoms with Gasteiger partial charge in [0, 0.05) is 19.3 Å². The van der Waals surface area contributed by atoms with E-state index in [-0.39, 0.29) is 11.6 Å². The van der Waals surface area contributed by atoms with Crippen molar-refractivity contribution >= 4 is 10.0 Å². The highest BCUT2D eigenvalue weighted by Crippen LogP contribution is 2.15. The van der Waals surface area contributed by atoms with Gasteiger partial charge >= 0.3 is 0 Å². The van der Waals surface area contributed by atoms with E-state index in [2.05, 4.69) is 4.98 Å². The summed E-state index contributed by atoms with van der Waals surface area (Å²) in [5.41, 5.74) is -1.07. The maximum Gasteiger partial charge on any atom is 0.260 e. The molecule has 0 aliphatic rings. The molecule has 96 valence electrons. The molecule has 6 heteroatoms. The Kier molecular flexibility index (Phi) is 4.24. The van der Waals surface area contributed by atoms with E-state index in [0.29, 0.717) is 6.54 Å². The molecule has 0 unspecified atom stereocenters. The predicted molar refractivity (Wildman–Crippen MR) is 65.0 cm³/mol. The molecule has 0 radical (unpaired) electrons. The van der Waals surface area contributed by atoms with Gasteiger partial charge in [0.25, 0.3) is 10.0 Å². The van der Waals surface area contributed by atoms with Crippen LogP contribution in [0.5, 0.6) is 0 Å². The molecule has 0 saturated heterocycles. The Morgan fingerprint density at radius 3 is 2.47 bits per heavy atom. The molecule has 1 N–H and O–H groups in total. The van der Waals surface area contributed by atoms with Crippen molar-refractivity contribution < 1.29 is 13.5 Å². The molecule has 0 saturated carbocycles. The van der Waals surface area contributed by atoms with Crippen LogP contribution in [0.1, 0.15) is 20.8 Å². The summed E-state index contributed by atoms with van der Waals surface area (Å²) in [6, 6.07) is 4.73. The van der Waals surface area contributed by atoms with Gasteiger partial charge in [0.1, 0.15) is 0 Å². The largest absolute Gasteiger partial charge is 0.389 e. The van der Waals surface area contributed by atoms with E-state index in [4.69, 9.17) is 0 Å². The molecule has 1 rings (SSSR count). The predicted octanol–water partition coefficient (Wildman–Crippen LogP) is 0.863. The fraction of sp³-hybridized carbons (Fsp3) is 0.545. The second kappa shape index (κ2) is 5.12. The number of rotatable bonds is 5. The van der Waals surface area contributed by atoms with E-state index in [0.717, 1.165) is 0 Å². The van der Waals surface area contributed by atoms with Crippen LogP contribution in [0.2, 0.25) is 0 Å². The highest BCUT2D eigenvalue weighted by atomic mass is 32.2. The molecule has 1 aromatic heterocycles. The van der Waals surface area contributed by atoms with Gasteiger partial charge in [0.05, 0.1) is 5.60 Å². The zero-order valence-corrected chi connectivity index (χ0v) is 11.1. The number of aliphatic hydroxyl groups is 1. The lowest BCUT2D eigenvalue weighted by molar-refractivity contribution is 0.0601. The van der Waals surface area contributed by atoms with E-state index in [1.165, 1.54) is 16.6 Å². The second-order valence-corrected chi connectivity index (χ2v) is 6.30. The number of hydrogen-bond donors (Lipinski definition) is 1. The molecule has 0 aliphatic heterocycles. The molecule has 0 aromatic carbocycles. The standard InChI is InChI=1S/C11H18N2O3S/c1-4-13(9-11(2,3)14)17(15,16)10-7-5-6-8-12-10/h5-8,14H,4,9H2,1-3H3. The molecule has 0 fully saturated rings. The van der Waals surface area contributed by atoms with Gasteiger partial charge in [-0.25, -0.2) is 13.4 Å². The molecule has 0 aliphatic carbocycles. The van der Waals surface area contributed by atoms with Crippen molar-refractivity contribution in [3.8, 4) is 0 Å². The minimum atomic E-state index is -3.62. The van der Waals surface area contributed by atoms with Crippen molar-refractivity contribution in [1.29, 1.82) is 0 Å². The van der Waals surface area contributed by atoms with Crippen molar-refractivity contribution in [3.63, 3.8) is 0 Å². The van der Waals surface area contributed by atoms with Gasteiger partial charge in [-0.15, -0.1) is 0 Å². The van der Waals surface area contributed by atoms with Crippen molar-refractivity contribution in [1.82, 2.24) is 9.29 Å². The third-order valence-electron chi connectivity index (χ3n) is 2.16. The fourth-order valence-electron chi connectivity index (χ4n) is 1.43. The summed E-state index contributed by atoms with van der Waals surface area (Å²) in [5.74, 6) is 0. The van der Waals surface area contributed by atoms with Gasteiger partial charge in [0.2, 0.25) is 0 Å². The quantitative estimate of drug-likeness (QED) is 0.850. The number of hydrogen-bond acceptors (Lipinski definition) is 4. The van der Waals surface area contributed by atoms with Crippen LogP contribution in [-0.4, -0.2) is 41.5 Å². The van der Waals surface area contributed by atoms with E-state index < -0.39 is 15.6 Å². The van der Waals surface area contributed by atoms with E-state index >= 15 is 0 Å². The van der Waals surface area contributed by atoms with Gasteiger partial charge in [-0.2, -0.15) is 4.31 Å². The number of pyridine rings is 1. The van der Waals surface area contributed by atoms with Gasteiger partial charge in [-0.05, 0) is 26.0 Å². The Morgan fingerprint density at radius 2 is 2.06 bits per heavy atom. The van der Waals surface area contributed by atoms with Crippen molar-refractivity contribution in [2.75, 3.05) is 13.1 Å². The van der Waals surface area contributed by atoms with Gasteiger partial charge in [-0.1, -0.05) is 13.0 Å². The molecular formula is C11H18N2O3S. The van der Waals surface area contributed by atoms with Crippen LogP contribution in [0.3, 0.4) is 0 Å². The van der Waals surface area contributed by atoms with Crippen LogP contribution in [0.15, 0.2) is 29.4 Å². The normalized spacial score (nSPS) is 13.0. The lowest BCUT2D eigenvalue weighted by Gasteiger charge is -2.26. The van der Waals surface area contributed by atoms with E-state index in [9.17, 15) is 13.5 Å². The molecule has 0 amide bonds. The van der Waals surface area contributed by atoms with Gasteiger partial charge in [0.15, 0.2) is 5.03 Å². The first-order valence-corrected chi connectivity index (χ1v) is 6.85. The summed E-state index contributed by atoms with van der Waals surface area (Å²) in [6.45, 7) is 5.21. The Balaban J connectivity index is 3.04. The number of likely N-dealkylation sites (N-methyl/N-ethyl adjacent to an activating group) is 1. The summed E-state index contributed by atoms with van der Waals surface area (Å²) in [7, 11) is -3.62. The third kappa shape index (κ3) is 3.76. The molecule has 1 aromatic rings. The lowest BCUT2D eigenvalue weighted by Crippen LogP contribution is -2.42. The van der Waals surface area contributed by atoms with E-state index in [1.807, 2.05) is 0 Å². The maximum atomic E-state index is 12.2. The van der Waals surface area contributed by atoms with Crippen molar-refractivity contribution in [2.45, 2.75) is 31.4 Å². The zero-order valence-electron chi connectivity index (χ0n) is 10.3. The lowest BCUT2D eigenvalue weighted by atomic mass is 10.1. The summed E-state index contributed by atoms with van der Waals surface area (Å²) < 4.78 is 25.6. The fourth-order valence-corrected chi connectivity index (χ4v) is 2.97. The molecule has 1 heterocycles. The molecular weight excluding hydrogens is 240 g/mol. The van der Waals surface area contributed by atoms with Crippen LogP contribution in [0.25, 0.3) is 0 Å². The van der Waals surface area contributed by atoms with Gasteiger partial charge < -0.3 is 5.11 Å². The maximum absolute atomic E-state index is 12.2. The Morgan fingerprint density at radius 1 is 1.41 bits per heavy atom. The second-order valence-electron chi connectivity index (χ2n) is 4.41. The van der Waals surface area contributed by atoms with Crippen LogP contribution < -0.4 is 0 Å². The minimum Gasteiger partial charge on any atom is -0.389 e. The first kappa shape index (κ1) is 14.1. The van der Waals surface area contributed by atoms with E-state index in [1.54, 1.807) is 32.9 Å². The Bertz CT molecular complexity index is 451. The van der Waals surface area contributed by atoms with Crippen molar-refractivity contribution in [3.05, 3.63) is 24.4 Å². The molecule has 0 atom stereocenters. The first-order chi connectivity index (χ1) is 7.77. The number of nitrogens with zero attached hydrogens (tertiary/aromatic N) is 2. The van der Waals surface area contributed by atoms with Crippen LogP contribution in [0.4, 0.5) is 0 Å². The SMILES string of the molecule is CCN(CC(C)(C)O)S(=O)(=O)c1ccccn1. The topological polar surface area (TPSA) is 70.5 Å². The minimum absolute atomic E-state index is 0.00565. The Labute approximate surface area is 102 Å². The molecule has 17 heavy (non-hydrogen) atoms. The number of aromatic nitrogens is 1. The smallest absolute Gasteiger partial charge is 0.260 e. The monoisotopic (exact) mass is 258 g/mol. The first-order valence-electron chi connectivity index (χ1n) is 5.41. The molecule has 0 bridgehead atoms. The third-order valence-corrected chi connectivity index (χ3v) is 4.00. The van der Waals surface area contributed by atoms with Crippen LogP contribution in [0, 0.1) is 0 Å². The summed E-state index contributed by atoms with van der Waals surface area (Å²) in [5, 5.41) is 9.71. The Hall–Kier alpha value is -0.980. The van der Waals surface area contributed by atoms with Crippen molar-refractivity contribution in [2.24, 2.45) is 0 Å². The highest BCUT2D eigenvalue weighted by molar-refractivity contribution is 7.89.